The normalized spacial score (nSPS) is 11.1. The van der Waals surface area contributed by atoms with E-state index < -0.39 is 0 Å². The predicted molar refractivity (Wildman–Crippen MR) is 130 cm³/mol. The summed E-state index contributed by atoms with van der Waals surface area (Å²) < 4.78 is 10.5. The van der Waals surface area contributed by atoms with Crippen LogP contribution in [-0.4, -0.2) is 61.5 Å². The summed E-state index contributed by atoms with van der Waals surface area (Å²) in [5.41, 5.74) is 3.10. The van der Waals surface area contributed by atoms with Gasteiger partial charge in [0.05, 0.1) is 19.9 Å². The highest BCUT2D eigenvalue weighted by Crippen LogP contribution is 2.24. The van der Waals surface area contributed by atoms with E-state index in [9.17, 15) is 4.79 Å². The first-order valence-electron chi connectivity index (χ1n) is 10.6. The predicted octanol–water partition coefficient (Wildman–Crippen LogP) is 3.94. The molecule has 0 unspecified atom stereocenters. The Labute approximate surface area is 194 Å². The standard InChI is InChI=1S/C25H29N5O3/c1-17(30(2)3)27-24(31)20-8-6-7-19(15-20)22-16-23(29-25(28-22)33-5)26-14-13-18-9-11-21(32-4)12-10-18/h6-12,15-16H,13-14H2,1-5H3,(H,26,28,29)/b27-17-. The molecule has 0 bridgehead atoms. The van der Waals surface area contributed by atoms with Gasteiger partial charge in [-0.2, -0.15) is 15.0 Å². The number of hydrogen-bond acceptors (Lipinski definition) is 6. The van der Waals surface area contributed by atoms with Crippen LogP contribution in [0.1, 0.15) is 22.8 Å². The second-order valence-electron chi connectivity index (χ2n) is 7.59. The number of nitrogens with zero attached hydrogens (tertiary/aromatic N) is 4. The van der Waals surface area contributed by atoms with E-state index in [-0.39, 0.29) is 11.9 Å². The van der Waals surface area contributed by atoms with Crippen LogP contribution in [-0.2, 0) is 6.42 Å². The second kappa shape index (κ2) is 11.1. The highest BCUT2D eigenvalue weighted by molar-refractivity contribution is 6.03. The zero-order valence-electron chi connectivity index (χ0n) is 19.6. The molecular formula is C25H29N5O3. The number of carbonyl (C=O) groups is 1. The number of benzene rings is 2. The van der Waals surface area contributed by atoms with Crippen LogP contribution in [0.25, 0.3) is 11.3 Å². The first-order chi connectivity index (χ1) is 15.9. The molecule has 8 heteroatoms. The summed E-state index contributed by atoms with van der Waals surface area (Å²) in [6, 6.07) is 17.3. The highest BCUT2D eigenvalue weighted by Gasteiger charge is 2.11. The van der Waals surface area contributed by atoms with Gasteiger partial charge >= 0.3 is 6.01 Å². The quantitative estimate of drug-likeness (QED) is 0.413. The summed E-state index contributed by atoms with van der Waals surface area (Å²) in [7, 11) is 6.87. The lowest BCUT2D eigenvalue weighted by atomic mass is 10.1. The van der Waals surface area contributed by atoms with Crippen LogP contribution in [0.3, 0.4) is 0 Å². The fraction of sp³-hybridized carbons (Fsp3) is 0.280. The van der Waals surface area contributed by atoms with E-state index >= 15 is 0 Å². The van der Waals surface area contributed by atoms with Crippen molar-refractivity contribution in [1.29, 1.82) is 0 Å². The van der Waals surface area contributed by atoms with E-state index in [0.717, 1.165) is 17.7 Å². The molecule has 0 aliphatic heterocycles. The Morgan fingerprint density at radius 1 is 1.03 bits per heavy atom. The van der Waals surface area contributed by atoms with Gasteiger partial charge in [0.25, 0.3) is 5.91 Å². The molecule has 1 amide bonds. The van der Waals surface area contributed by atoms with Crippen molar-refractivity contribution in [3.8, 4) is 23.0 Å². The Bertz CT molecular complexity index is 1130. The van der Waals surface area contributed by atoms with Gasteiger partial charge < -0.3 is 19.7 Å². The molecule has 0 spiro atoms. The van der Waals surface area contributed by atoms with Gasteiger partial charge in [0.1, 0.15) is 17.4 Å². The largest absolute Gasteiger partial charge is 0.497 e. The fourth-order valence-electron chi connectivity index (χ4n) is 3.01. The Hall–Kier alpha value is -3.94. The average Bonchev–Trinajstić information content (AvgIpc) is 2.84. The number of nitrogens with one attached hydrogen (secondary N) is 1. The Morgan fingerprint density at radius 3 is 2.45 bits per heavy atom. The van der Waals surface area contributed by atoms with Gasteiger partial charge in [-0.15, -0.1) is 0 Å². The molecular weight excluding hydrogens is 418 g/mol. The summed E-state index contributed by atoms with van der Waals surface area (Å²) in [6.45, 7) is 2.48. The molecule has 0 radical (unpaired) electrons. The SMILES string of the molecule is COc1ccc(CCNc2cc(-c3cccc(C(=O)/N=C(/C)N(C)C)c3)nc(OC)n2)cc1. The van der Waals surface area contributed by atoms with E-state index in [1.165, 1.54) is 12.7 Å². The van der Waals surface area contributed by atoms with Crippen molar-refractivity contribution in [3.63, 3.8) is 0 Å². The minimum Gasteiger partial charge on any atom is -0.497 e. The molecule has 1 N–H and O–H groups in total. The number of ether oxygens (including phenoxy) is 2. The number of carbonyl (C=O) groups excluding carboxylic acids is 1. The number of anilines is 1. The van der Waals surface area contributed by atoms with Gasteiger partial charge in [0, 0.05) is 37.8 Å². The maximum Gasteiger partial charge on any atom is 0.318 e. The average molecular weight is 448 g/mol. The number of hydrogen-bond donors (Lipinski definition) is 1. The van der Waals surface area contributed by atoms with E-state index in [2.05, 4.69) is 20.3 Å². The van der Waals surface area contributed by atoms with E-state index in [0.29, 0.717) is 29.5 Å². The van der Waals surface area contributed by atoms with E-state index in [1.54, 1.807) is 31.1 Å². The lowest BCUT2D eigenvalue weighted by molar-refractivity contribution is 0.100. The van der Waals surface area contributed by atoms with Gasteiger partial charge in [0.15, 0.2) is 0 Å². The van der Waals surface area contributed by atoms with Crippen molar-refractivity contribution in [1.82, 2.24) is 14.9 Å². The van der Waals surface area contributed by atoms with Gasteiger partial charge in [-0.25, -0.2) is 0 Å². The topological polar surface area (TPSA) is 88.9 Å². The monoisotopic (exact) mass is 447 g/mol. The molecule has 1 heterocycles. The molecule has 33 heavy (non-hydrogen) atoms. The van der Waals surface area contributed by atoms with Crippen molar-refractivity contribution in [3.05, 3.63) is 65.7 Å². The van der Waals surface area contributed by atoms with Gasteiger partial charge in [-0.3, -0.25) is 4.79 Å². The molecule has 172 valence electrons. The smallest absolute Gasteiger partial charge is 0.318 e. The maximum absolute atomic E-state index is 12.6. The number of aromatic nitrogens is 2. The fourth-order valence-corrected chi connectivity index (χ4v) is 3.01. The summed E-state index contributed by atoms with van der Waals surface area (Å²) in [5, 5.41) is 3.33. The van der Waals surface area contributed by atoms with E-state index in [1.807, 2.05) is 56.6 Å². The van der Waals surface area contributed by atoms with Crippen LogP contribution < -0.4 is 14.8 Å². The van der Waals surface area contributed by atoms with Crippen LogP contribution in [0.4, 0.5) is 5.82 Å². The maximum atomic E-state index is 12.6. The summed E-state index contributed by atoms with van der Waals surface area (Å²) in [6.07, 6.45) is 0.818. The zero-order chi connectivity index (χ0) is 23.8. The van der Waals surface area contributed by atoms with Gasteiger partial charge in [-0.05, 0) is 43.2 Å². The molecule has 3 rings (SSSR count). The van der Waals surface area contributed by atoms with Crippen LogP contribution in [0.15, 0.2) is 59.6 Å². The number of aliphatic imine (C=N–C) groups is 1. The van der Waals surface area contributed by atoms with Crippen LogP contribution in [0.2, 0.25) is 0 Å². The molecule has 0 atom stereocenters. The minimum absolute atomic E-state index is 0.248. The van der Waals surface area contributed by atoms with Crippen LogP contribution in [0, 0.1) is 0 Å². The molecule has 0 aliphatic rings. The molecule has 0 saturated heterocycles. The molecule has 0 saturated carbocycles. The van der Waals surface area contributed by atoms with Crippen LogP contribution in [0.5, 0.6) is 11.8 Å². The highest BCUT2D eigenvalue weighted by atomic mass is 16.5. The third-order valence-corrected chi connectivity index (χ3v) is 5.08. The third-order valence-electron chi connectivity index (χ3n) is 5.08. The third kappa shape index (κ3) is 6.52. The Morgan fingerprint density at radius 2 is 1.79 bits per heavy atom. The van der Waals surface area contributed by atoms with Gasteiger partial charge in [0.2, 0.25) is 0 Å². The molecule has 3 aromatic rings. The molecule has 2 aromatic carbocycles. The number of rotatable bonds is 8. The van der Waals surface area contributed by atoms with Crippen molar-refractivity contribution < 1.29 is 14.3 Å². The van der Waals surface area contributed by atoms with Crippen molar-refractivity contribution >= 4 is 17.6 Å². The van der Waals surface area contributed by atoms with Crippen molar-refractivity contribution in [2.45, 2.75) is 13.3 Å². The lowest BCUT2D eigenvalue weighted by Gasteiger charge is -2.11. The van der Waals surface area contributed by atoms with Crippen molar-refractivity contribution in [2.24, 2.45) is 4.99 Å². The van der Waals surface area contributed by atoms with Crippen molar-refractivity contribution in [2.75, 3.05) is 40.2 Å². The summed E-state index contributed by atoms with van der Waals surface area (Å²) in [4.78, 5) is 27.3. The number of amidine groups is 1. The molecule has 1 aromatic heterocycles. The molecule has 0 aliphatic carbocycles. The minimum atomic E-state index is -0.304. The number of methoxy groups -OCH3 is 2. The zero-order valence-corrected chi connectivity index (χ0v) is 19.6. The van der Waals surface area contributed by atoms with Gasteiger partial charge in [-0.1, -0.05) is 24.3 Å². The Balaban J connectivity index is 1.77. The summed E-state index contributed by atoms with van der Waals surface area (Å²) in [5.74, 6) is 1.81. The van der Waals surface area contributed by atoms with E-state index in [4.69, 9.17) is 9.47 Å². The number of amides is 1. The van der Waals surface area contributed by atoms with Crippen LogP contribution >= 0.6 is 0 Å². The summed E-state index contributed by atoms with van der Waals surface area (Å²) >= 11 is 0. The molecule has 0 fully saturated rings. The Kier molecular flexibility index (Phi) is 7.96. The lowest BCUT2D eigenvalue weighted by Crippen LogP contribution is -2.19. The molecule has 8 nitrogen and oxygen atoms in total. The first-order valence-corrected chi connectivity index (χ1v) is 10.6. The first kappa shape index (κ1) is 23.7. The second-order valence-corrected chi connectivity index (χ2v) is 7.59.